The molecule has 0 radical (unpaired) electrons. The van der Waals surface area contributed by atoms with Crippen molar-refractivity contribution < 1.29 is 0 Å². The van der Waals surface area contributed by atoms with Crippen LogP contribution in [0.3, 0.4) is 0 Å². The second-order valence-corrected chi connectivity index (χ2v) is 5.01. The molecule has 0 aromatic carbocycles. The molecule has 1 aromatic rings. The standard InChI is InChI=1S/C12H19N5/c13-11-3-4-14-12(15-11)17-7-5-16(6-8-17)9-10-1-2-10/h3-4,10H,1-2,5-9H2,(H2,13,14,15). The molecule has 1 saturated heterocycles. The molecule has 1 saturated carbocycles. The number of nitrogens with zero attached hydrogens (tertiary/aromatic N) is 4. The number of anilines is 2. The molecule has 1 aromatic heterocycles. The summed E-state index contributed by atoms with van der Waals surface area (Å²) in [6.07, 6.45) is 4.59. The van der Waals surface area contributed by atoms with Gasteiger partial charge in [-0.2, -0.15) is 4.98 Å². The van der Waals surface area contributed by atoms with E-state index >= 15 is 0 Å². The third-order valence-electron chi connectivity index (χ3n) is 3.53. The van der Waals surface area contributed by atoms with Gasteiger partial charge in [0.1, 0.15) is 5.82 Å². The summed E-state index contributed by atoms with van der Waals surface area (Å²) in [5.74, 6) is 2.30. The van der Waals surface area contributed by atoms with E-state index in [0.29, 0.717) is 5.82 Å². The third kappa shape index (κ3) is 2.66. The predicted octanol–water partition coefficient (Wildman–Crippen LogP) is 0.591. The lowest BCUT2D eigenvalue weighted by Crippen LogP contribution is -2.47. The molecular weight excluding hydrogens is 214 g/mol. The zero-order valence-electron chi connectivity index (χ0n) is 10.0. The molecule has 1 aliphatic carbocycles. The molecule has 2 heterocycles. The van der Waals surface area contributed by atoms with Crippen LogP contribution in [-0.4, -0.2) is 47.6 Å². The number of hydrogen-bond acceptors (Lipinski definition) is 5. The number of rotatable bonds is 3. The molecule has 92 valence electrons. The maximum Gasteiger partial charge on any atom is 0.227 e. The number of piperazine rings is 1. The minimum atomic E-state index is 0.551. The van der Waals surface area contributed by atoms with Crippen LogP contribution in [0.4, 0.5) is 11.8 Å². The van der Waals surface area contributed by atoms with Gasteiger partial charge in [0.15, 0.2) is 0 Å². The van der Waals surface area contributed by atoms with Crippen LogP contribution in [0, 0.1) is 5.92 Å². The largest absolute Gasteiger partial charge is 0.384 e. The Labute approximate surface area is 102 Å². The number of aromatic nitrogens is 2. The number of hydrogen-bond donors (Lipinski definition) is 1. The highest BCUT2D eigenvalue weighted by Crippen LogP contribution is 2.30. The Morgan fingerprint density at radius 1 is 1.24 bits per heavy atom. The fraction of sp³-hybridized carbons (Fsp3) is 0.667. The van der Waals surface area contributed by atoms with Crippen molar-refractivity contribution in [3.05, 3.63) is 12.3 Å². The second-order valence-electron chi connectivity index (χ2n) is 5.01. The van der Waals surface area contributed by atoms with E-state index in [1.54, 1.807) is 12.3 Å². The summed E-state index contributed by atoms with van der Waals surface area (Å²) < 4.78 is 0. The van der Waals surface area contributed by atoms with Gasteiger partial charge in [-0.05, 0) is 24.8 Å². The lowest BCUT2D eigenvalue weighted by Gasteiger charge is -2.34. The fourth-order valence-corrected chi connectivity index (χ4v) is 2.31. The van der Waals surface area contributed by atoms with E-state index in [1.165, 1.54) is 19.4 Å². The summed E-state index contributed by atoms with van der Waals surface area (Å²) in [5.41, 5.74) is 5.68. The molecule has 0 spiro atoms. The van der Waals surface area contributed by atoms with Gasteiger partial charge in [-0.3, -0.25) is 4.90 Å². The average Bonchev–Trinajstić information content (AvgIpc) is 3.14. The lowest BCUT2D eigenvalue weighted by molar-refractivity contribution is 0.247. The van der Waals surface area contributed by atoms with E-state index in [-0.39, 0.29) is 0 Å². The smallest absolute Gasteiger partial charge is 0.227 e. The Morgan fingerprint density at radius 2 is 2.00 bits per heavy atom. The van der Waals surface area contributed by atoms with Crippen molar-refractivity contribution in [1.29, 1.82) is 0 Å². The van der Waals surface area contributed by atoms with Crippen LogP contribution in [0.15, 0.2) is 12.3 Å². The first-order chi connectivity index (χ1) is 8.31. The van der Waals surface area contributed by atoms with Gasteiger partial charge in [-0.15, -0.1) is 0 Å². The summed E-state index contributed by atoms with van der Waals surface area (Å²) in [5, 5.41) is 0. The molecular formula is C12H19N5. The summed E-state index contributed by atoms with van der Waals surface area (Å²) in [7, 11) is 0. The van der Waals surface area contributed by atoms with Crippen LogP contribution in [0.2, 0.25) is 0 Å². The third-order valence-corrected chi connectivity index (χ3v) is 3.53. The van der Waals surface area contributed by atoms with Crippen molar-refractivity contribution in [3.8, 4) is 0 Å². The number of nitrogen functional groups attached to an aromatic ring is 1. The first kappa shape index (κ1) is 10.8. The minimum absolute atomic E-state index is 0.551. The number of nitrogens with two attached hydrogens (primary N) is 1. The molecule has 0 unspecified atom stereocenters. The molecule has 0 amide bonds. The fourth-order valence-electron chi connectivity index (χ4n) is 2.31. The maximum absolute atomic E-state index is 5.68. The van der Waals surface area contributed by atoms with Gasteiger partial charge in [-0.1, -0.05) is 0 Å². The zero-order chi connectivity index (χ0) is 11.7. The maximum atomic E-state index is 5.68. The van der Waals surface area contributed by atoms with Crippen molar-refractivity contribution in [1.82, 2.24) is 14.9 Å². The molecule has 3 rings (SSSR count). The highest BCUT2D eigenvalue weighted by molar-refractivity contribution is 5.38. The first-order valence-electron chi connectivity index (χ1n) is 6.37. The molecule has 2 N–H and O–H groups in total. The minimum Gasteiger partial charge on any atom is -0.384 e. The van der Waals surface area contributed by atoms with Gasteiger partial charge in [0, 0.05) is 38.9 Å². The molecule has 0 atom stereocenters. The molecule has 17 heavy (non-hydrogen) atoms. The first-order valence-corrected chi connectivity index (χ1v) is 6.37. The van der Waals surface area contributed by atoms with Crippen molar-refractivity contribution in [3.63, 3.8) is 0 Å². The van der Waals surface area contributed by atoms with Crippen LogP contribution < -0.4 is 10.6 Å². The van der Waals surface area contributed by atoms with Crippen LogP contribution in [0.5, 0.6) is 0 Å². The monoisotopic (exact) mass is 233 g/mol. The summed E-state index contributed by atoms with van der Waals surface area (Å²) >= 11 is 0. The van der Waals surface area contributed by atoms with Gasteiger partial charge in [-0.25, -0.2) is 4.98 Å². The molecule has 1 aliphatic heterocycles. The van der Waals surface area contributed by atoms with Crippen molar-refractivity contribution >= 4 is 11.8 Å². The van der Waals surface area contributed by atoms with E-state index < -0.39 is 0 Å². The molecule has 0 bridgehead atoms. The Hall–Kier alpha value is -1.36. The summed E-state index contributed by atoms with van der Waals surface area (Å²) in [4.78, 5) is 13.3. The molecule has 5 nitrogen and oxygen atoms in total. The van der Waals surface area contributed by atoms with Crippen molar-refractivity contribution in [2.75, 3.05) is 43.4 Å². The van der Waals surface area contributed by atoms with Crippen molar-refractivity contribution in [2.24, 2.45) is 5.92 Å². The summed E-state index contributed by atoms with van der Waals surface area (Å²) in [6.45, 7) is 5.54. The lowest BCUT2D eigenvalue weighted by atomic mass is 10.3. The molecule has 2 aliphatic rings. The van der Waals surface area contributed by atoms with E-state index in [2.05, 4.69) is 19.8 Å². The van der Waals surface area contributed by atoms with Gasteiger partial charge in [0.25, 0.3) is 0 Å². The van der Waals surface area contributed by atoms with Crippen LogP contribution in [-0.2, 0) is 0 Å². The topological polar surface area (TPSA) is 58.3 Å². The highest BCUT2D eigenvalue weighted by Gasteiger charge is 2.26. The predicted molar refractivity (Wildman–Crippen MR) is 67.8 cm³/mol. The van der Waals surface area contributed by atoms with Crippen LogP contribution >= 0.6 is 0 Å². The SMILES string of the molecule is Nc1ccnc(N2CCN(CC3CC3)CC2)n1. The van der Waals surface area contributed by atoms with E-state index in [4.69, 9.17) is 5.73 Å². The molecule has 5 heteroatoms. The van der Waals surface area contributed by atoms with Gasteiger partial charge < -0.3 is 10.6 Å². The Balaban J connectivity index is 1.56. The summed E-state index contributed by atoms with van der Waals surface area (Å²) in [6, 6.07) is 1.73. The molecule has 2 fully saturated rings. The Bertz CT molecular complexity index is 382. The Morgan fingerprint density at radius 3 is 2.65 bits per heavy atom. The van der Waals surface area contributed by atoms with E-state index in [9.17, 15) is 0 Å². The van der Waals surface area contributed by atoms with Gasteiger partial charge in [0.05, 0.1) is 0 Å². The average molecular weight is 233 g/mol. The Kier molecular flexibility index (Phi) is 2.84. The van der Waals surface area contributed by atoms with Gasteiger partial charge >= 0.3 is 0 Å². The normalized spacial score (nSPS) is 21.8. The van der Waals surface area contributed by atoms with Crippen molar-refractivity contribution in [2.45, 2.75) is 12.8 Å². The van der Waals surface area contributed by atoms with Crippen LogP contribution in [0.1, 0.15) is 12.8 Å². The second kappa shape index (κ2) is 4.49. The quantitative estimate of drug-likeness (QED) is 0.828. The van der Waals surface area contributed by atoms with Gasteiger partial charge in [0.2, 0.25) is 5.95 Å². The van der Waals surface area contributed by atoms with Crippen LogP contribution in [0.25, 0.3) is 0 Å². The van der Waals surface area contributed by atoms with E-state index in [0.717, 1.165) is 38.0 Å². The highest BCUT2D eigenvalue weighted by atomic mass is 15.3. The zero-order valence-corrected chi connectivity index (χ0v) is 10.0. The van der Waals surface area contributed by atoms with E-state index in [1.807, 2.05) is 0 Å².